The first kappa shape index (κ1) is 34.0. The summed E-state index contributed by atoms with van der Waals surface area (Å²) in [6, 6.07) is 77.0. The van der Waals surface area contributed by atoms with Crippen LogP contribution >= 0.6 is 0 Å². The number of furan rings is 2. The molecule has 282 valence electrons. The van der Waals surface area contributed by atoms with Crippen LogP contribution in [0, 0.1) is 0 Å². The molecule has 0 spiro atoms. The van der Waals surface area contributed by atoms with Crippen LogP contribution < -0.4 is 9.80 Å². The highest BCUT2D eigenvalue weighted by Crippen LogP contribution is 2.47. The minimum Gasteiger partial charge on any atom is -0.455 e. The third kappa shape index (κ3) is 5.39. The van der Waals surface area contributed by atoms with E-state index in [0.29, 0.717) is 0 Å². The second kappa shape index (κ2) is 13.8. The van der Waals surface area contributed by atoms with Crippen LogP contribution in [-0.4, -0.2) is 0 Å². The summed E-state index contributed by atoms with van der Waals surface area (Å²) in [4.78, 5) is 4.58. The van der Waals surface area contributed by atoms with Gasteiger partial charge in [-0.3, -0.25) is 0 Å². The fraction of sp³-hybridized carbons (Fsp3) is 0. The van der Waals surface area contributed by atoms with Gasteiger partial charge in [-0.05, 0) is 107 Å². The SMILES string of the molecule is c1ccc(N(c2ccccc2)c2ccc3c(c2)c2ccccc2c2c4ccc(-c5cccc6c5oc5c(N(c7ccccc7)c7ccccc7)cccc56)cc4oc32)cc1. The van der Waals surface area contributed by atoms with Crippen molar-refractivity contribution in [2.75, 3.05) is 9.80 Å². The monoisotopic (exact) mass is 768 g/mol. The van der Waals surface area contributed by atoms with E-state index < -0.39 is 0 Å². The van der Waals surface area contributed by atoms with Gasteiger partial charge in [0, 0.05) is 60.9 Å². The third-order valence-electron chi connectivity index (χ3n) is 11.8. The molecule has 0 aliphatic heterocycles. The van der Waals surface area contributed by atoms with E-state index in [1.54, 1.807) is 0 Å². The summed E-state index contributed by atoms with van der Waals surface area (Å²) in [6.45, 7) is 0. The van der Waals surface area contributed by atoms with Gasteiger partial charge in [0.25, 0.3) is 0 Å². The number of para-hydroxylation sites is 6. The van der Waals surface area contributed by atoms with E-state index in [0.717, 1.165) is 99.9 Å². The first-order chi connectivity index (χ1) is 29.8. The summed E-state index contributed by atoms with van der Waals surface area (Å²) < 4.78 is 14.0. The first-order valence-corrected chi connectivity index (χ1v) is 20.3. The maximum Gasteiger partial charge on any atom is 0.159 e. The summed E-state index contributed by atoms with van der Waals surface area (Å²) >= 11 is 0. The summed E-state index contributed by atoms with van der Waals surface area (Å²) in [5.74, 6) is 0. The molecule has 60 heavy (non-hydrogen) atoms. The van der Waals surface area contributed by atoms with Crippen molar-refractivity contribution in [3.05, 3.63) is 218 Å². The van der Waals surface area contributed by atoms with Gasteiger partial charge in [0.2, 0.25) is 0 Å². The van der Waals surface area contributed by atoms with Gasteiger partial charge >= 0.3 is 0 Å². The molecule has 0 N–H and O–H groups in total. The molecule has 0 saturated carbocycles. The molecule has 0 radical (unpaired) electrons. The van der Waals surface area contributed by atoms with Crippen LogP contribution in [0.5, 0.6) is 0 Å². The Balaban J connectivity index is 1.03. The zero-order valence-electron chi connectivity index (χ0n) is 32.5. The molecule has 12 aromatic rings. The maximum absolute atomic E-state index is 7.00. The Labute approximate surface area is 346 Å². The van der Waals surface area contributed by atoms with Gasteiger partial charge in [0.05, 0.1) is 5.69 Å². The van der Waals surface area contributed by atoms with Crippen molar-refractivity contribution < 1.29 is 8.83 Å². The molecule has 4 nitrogen and oxygen atoms in total. The summed E-state index contributed by atoms with van der Waals surface area (Å²) in [5, 5.41) is 8.95. The van der Waals surface area contributed by atoms with Crippen molar-refractivity contribution >= 4 is 99.5 Å². The number of benzene rings is 10. The van der Waals surface area contributed by atoms with Crippen molar-refractivity contribution in [2.24, 2.45) is 0 Å². The third-order valence-corrected chi connectivity index (χ3v) is 11.8. The van der Waals surface area contributed by atoms with Crippen LogP contribution in [0.1, 0.15) is 0 Å². The second-order valence-electron chi connectivity index (χ2n) is 15.2. The average Bonchev–Trinajstić information content (AvgIpc) is 3.90. The predicted octanol–water partition coefficient (Wildman–Crippen LogP) is 16.4. The van der Waals surface area contributed by atoms with Crippen LogP contribution in [0.25, 0.3) is 76.5 Å². The molecule has 0 saturated heterocycles. The lowest BCUT2D eigenvalue weighted by molar-refractivity contribution is 0.669. The van der Waals surface area contributed by atoms with E-state index in [9.17, 15) is 0 Å². The van der Waals surface area contributed by atoms with Crippen molar-refractivity contribution in [3.63, 3.8) is 0 Å². The average molecular weight is 769 g/mol. The lowest BCUT2D eigenvalue weighted by atomic mass is 9.95. The Morgan fingerprint density at radius 3 is 1.45 bits per heavy atom. The lowest BCUT2D eigenvalue weighted by Crippen LogP contribution is -2.09. The van der Waals surface area contributed by atoms with Crippen molar-refractivity contribution in [2.45, 2.75) is 0 Å². The normalized spacial score (nSPS) is 11.7. The van der Waals surface area contributed by atoms with E-state index >= 15 is 0 Å². The van der Waals surface area contributed by atoms with Crippen molar-refractivity contribution in [3.8, 4) is 11.1 Å². The fourth-order valence-electron chi connectivity index (χ4n) is 9.14. The minimum atomic E-state index is 0.840. The highest BCUT2D eigenvalue weighted by molar-refractivity contribution is 6.30. The Morgan fingerprint density at radius 2 is 0.800 bits per heavy atom. The molecule has 10 aromatic carbocycles. The van der Waals surface area contributed by atoms with E-state index in [-0.39, 0.29) is 0 Å². The van der Waals surface area contributed by atoms with Crippen LogP contribution in [0.3, 0.4) is 0 Å². The minimum absolute atomic E-state index is 0.840. The number of rotatable bonds is 7. The molecule has 2 aromatic heterocycles. The number of fused-ring (bicyclic) bond motifs is 11. The first-order valence-electron chi connectivity index (χ1n) is 20.3. The fourth-order valence-corrected chi connectivity index (χ4v) is 9.14. The molecule has 2 heterocycles. The Morgan fingerprint density at radius 1 is 0.283 bits per heavy atom. The lowest BCUT2D eigenvalue weighted by Gasteiger charge is -2.26. The zero-order chi connectivity index (χ0) is 39.6. The molecule has 0 fully saturated rings. The molecule has 0 atom stereocenters. The summed E-state index contributed by atoms with van der Waals surface area (Å²) in [7, 11) is 0. The second-order valence-corrected chi connectivity index (χ2v) is 15.2. The quantitative estimate of drug-likeness (QED) is 0.151. The molecule has 0 unspecified atom stereocenters. The molecular formula is C56H36N2O2. The number of nitrogens with zero attached hydrogens (tertiary/aromatic N) is 2. The largest absolute Gasteiger partial charge is 0.455 e. The van der Waals surface area contributed by atoms with Crippen molar-refractivity contribution in [1.82, 2.24) is 0 Å². The van der Waals surface area contributed by atoms with Gasteiger partial charge in [-0.2, -0.15) is 0 Å². The standard InChI is InChI=1S/C56H36N2O2/c1-5-17-38(18-6-1)57(39-19-7-2-8-20-39)42-32-34-48-50(36-42)44-25-13-14-26-45(44)53-49-33-31-37(35-52(49)59-56(48)53)43-27-15-28-46-47-29-16-30-51(55(47)60-54(43)46)58(40-21-9-3-10-22-40)41-23-11-4-12-24-41/h1-36H. The van der Waals surface area contributed by atoms with E-state index in [1.165, 1.54) is 10.8 Å². The summed E-state index contributed by atoms with van der Waals surface area (Å²) in [5.41, 5.74) is 11.9. The van der Waals surface area contributed by atoms with Crippen LogP contribution in [-0.2, 0) is 0 Å². The van der Waals surface area contributed by atoms with E-state index in [1.807, 2.05) is 12.1 Å². The molecule has 0 aliphatic carbocycles. The molecule has 4 heteroatoms. The van der Waals surface area contributed by atoms with E-state index in [4.69, 9.17) is 8.83 Å². The molecule has 0 amide bonds. The molecule has 0 aliphatic rings. The highest BCUT2D eigenvalue weighted by Gasteiger charge is 2.22. The van der Waals surface area contributed by atoms with E-state index in [2.05, 4.69) is 216 Å². The molecule has 12 rings (SSSR count). The smallest absolute Gasteiger partial charge is 0.159 e. The molecule has 0 bridgehead atoms. The van der Waals surface area contributed by atoms with Gasteiger partial charge in [-0.15, -0.1) is 0 Å². The van der Waals surface area contributed by atoms with Gasteiger partial charge in [-0.25, -0.2) is 0 Å². The number of hydrogen-bond acceptors (Lipinski definition) is 4. The van der Waals surface area contributed by atoms with Crippen LogP contribution in [0.2, 0.25) is 0 Å². The Hall–Kier alpha value is -8.08. The van der Waals surface area contributed by atoms with Gasteiger partial charge in [0.1, 0.15) is 16.7 Å². The zero-order valence-corrected chi connectivity index (χ0v) is 32.5. The van der Waals surface area contributed by atoms with Gasteiger partial charge < -0.3 is 18.6 Å². The number of anilines is 6. The van der Waals surface area contributed by atoms with Crippen LogP contribution in [0.4, 0.5) is 34.1 Å². The Kier molecular flexibility index (Phi) is 7.82. The van der Waals surface area contributed by atoms with Crippen molar-refractivity contribution in [1.29, 1.82) is 0 Å². The Bertz CT molecular complexity index is 3460. The predicted molar refractivity (Wildman–Crippen MR) is 251 cm³/mol. The highest BCUT2D eigenvalue weighted by atomic mass is 16.3. The summed E-state index contributed by atoms with van der Waals surface area (Å²) in [6.07, 6.45) is 0. The number of hydrogen-bond donors (Lipinski definition) is 0. The molecular weight excluding hydrogens is 733 g/mol. The van der Waals surface area contributed by atoms with Gasteiger partial charge in [-0.1, -0.05) is 133 Å². The topological polar surface area (TPSA) is 32.8 Å². The van der Waals surface area contributed by atoms with Crippen LogP contribution in [0.15, 0.2) is 227 Å². The maximum atomic E-state index is 7.00. The van der Waals surface area contributed by atoms with Gasteiger partial charge in [0.15, 0.2) is 5.58 Å².